The fourth-order valence-corrected chi connectivity index (χ4v) is 6.42. The zero-order valence-electron chi connectivity index (χ0n) is 19.6. The zero-order valence-corrected chi connectivity index (χ0v) is 19.6. The lowest BCUT2D eigenvalue weighted by molar-refractivity contribution is -0.130. The summed E-state index contributed by atoms with van der Waals surface area (Å²) in [6.45, 7) is 1.96. The number of nitrogens with one attached hydrogen (secondary N) is 3. The van der Waals surface area contributed by atoms with Gasteiger partial charge in [0.1, 0.15) is 5.54 Å². The van der Waals surface area contributed by atoms with Gasteiger partial charge < -0.3 is 10.3 Å². The molecule has 7 rings (SSSR count). The molecule has 3 N–H and O–H groups in total. The molecule has 1 spiro atoms. The molecule has 0 unspecified atom stereocenters. The van der Waals surface area contributed by atoms with Crippen LogP contribution in [-0.4, -0.2) is 28.7 Å². The Morgan fingerprint density at radius 1 is 0.889 bits per heavy atom. The number of aromatic amines is 1. The van der Waals surface area contributed by atoms with Crippen molar-refractivity contribution in [2.45, 2.75) is 24.9 Å². The summed E-state index contributed by atoms with van der Waals surface area (Å²) in [7, 11) is 0. The average Bonchev–Trinajstić information content (AvgIpc) is 3.59. The molecule has 3 aliphatic rings. The number of para-hydroxylation sites is 2. The summed E-state index contributed by atoms with van der Waals surface area (Å²) in [5.41, 5.74) is 3.73. The molecule has 3 aliphatic heterocycles. The highest BCUT2D eigenvalue weighted by molar-refractivity contribution is 6.25. The van der Waals surface area contributed by atoms with Crippen LogP contribution in [0.5, 0.6) is 0 Å². The van der Waals surface area contributed by atoms with Gasteiger partial charge in [0.2, 0.25) is 17.7 Å². The number of amides is 3. The Morgan fingerprint density at radius 2 is 1.64 bits per heavy atom. The fourth-order valence-electron chi connectivity index (χ4n) is 6.42. The van der Waals surface area contributed by atoms with E-state index >= 15 is 0 Å². The normalized spacial score (nSPS) is 26.6. The molecule has 2 fully saturated rings. The molecule has 0 radical (unpaired) electrons. The van der Waals surface area contributed by atoms with Gasteiger partial charge >= 0.3 is 0 Å². The molecule has 3 amide bonds. The van der Waals surface area contributed by atoms with Crippen LogP contribution in [0.2, 0.25) is 0 Å². The lowest BCUT2D eigenvalue weighted by Gasteiger charge is -2.29. The number of benzene rings is 3. The predicted molar refractivity (Wildman–Crippen MR) is 136 cm³/mol. The third kappa shape index (κ3) is 2.69. The van der Waals surface area contributed by atoms with Gasteiger partial charge in [0, 0.05) is 34.4 Å². The van der Waals surface area contributed by atoms with Crippen molar-refractivity contribution in [3.8, 4) is 0 Å². The Labute approximate surface area is 207 Å². The molecular formula is C29H24N4O3. The lowest BCUT2D eigenvalue weighted by atomic mass is 9.76. The number of H-pyrrole nitrogens is 1. The number of hydrogen-bond acceptors (Lipinski definition) is 4. The Bertz CT molecular complexity index is 1570. The summed E-state index contributed by atoms with van der Waals surface area (Å²) in [4.78, 5) is 46.2. The van der Waals surface area contributed by atoms with E-state index in [1.54, 1.807) is 12.1 Å². The van der Waals surface area contributed by atoms with Crippen molar-refractivity contribution in [3.63, 3.8) is 0 Å². The molecule has 7 heteroatoms. The van der Waals surface area contributed by atoms with Crippen LogP contribution >= 0.6 is 0 Å². The van der Waals surface area contributed by atoms with Crippen LogP contribution in [0.3, 0.4) is 0 Å². The van der Waals surface area contributed by atoms with Gasteiger partial charge in [0.15, 0.2) is 0 Å². The third-order valence-electron chi connectivity index (χ3n) is 8.03. The number of aryl methyl sites for hydroxylation is 1. The summed E-state index contributed by atoms with van der Waals surface area (Å²) >= 11 is 0. The van der Waals surface area contributed by atoms with E-state index in [0.29, 0.717) is 17.8 Å². The van der Waals surface area contributed by atoms with Gasteiger partial charge in [-0.1, -0.05) is 54.1 Å². The average molecular weight is 477 g/mol. The first-order chi connectivity index (χ1) is 17.5. The lowest BCUT2D eigenvalue weighted by Crippen LogP contribution is -2.53. The first-order valence-electron chi connectivity index (χ1n) is 12.2. The molecule has 0 saturated carbocycles. The van der Waals surface area contributed by atoms with E-state index in [9.17, 15) is 14.4 Å². The minimum atomic E-state index is -1.30. The number of rotatable bonds is 3. The van der Waals surface area contributed by atoms with E-state index in [0.717, 1.165) is 27.6 Å². The molecule has 0 bridgehead atoms. The molecule has 4 heterocycles. The van der Waals surface area contributed by atoms with Crippen LogP contribution in [0.25, 0.3) is 10.9 Å². The van der Waals surface area contributed by atoms with Crippen molar-refractivity contribution in [3.05, 3.63) is 95.7 Å². The maximum atomic E-state index is 14.0. The minimum Gasteiger partial charge on any atom is -0.361 e. The van der Waals surface area contributed by atoms with Gasteiger partial charge in [-0.05, 0) is 43.2 Å². The third-order valence-corrected chi connectivity index (χ3v) is 8.03. The Balaban J connectivity index is 1.37. The van der Waals surface area contributed by atoms with Gasteiger partial charge in [-0.25, -0.2) is 4.90 Å². The largest absolute Gasteiger partial charge is 0.361 e. The summed E-state index contributed by atoms with van der Waals surface area (Å²) in [6.07, 6.45) is 2.46. The number of anilines is 2. The second-order valence-corrected chi connectivity index (χ2v) is 9.97. The second-order valence-electron chi connectivity index (χ2n) is 9.97. The summed E-state index contributed by atoms with van der Waals surface area (Å²) < 4.78 is 0. The van der Waals surface area contributed by atoms with Crippen LogP contribution in [-0.2, 0) is 26.3 Å². The van der Waals surface area contributed by atoms with E-state index in [4.69, 9.17) is 0 Å². The van der Waals surface area contributed by atoms with E-state index in [1.807, 2.05) is 73.8 Å². The van der Waals surface area contributed by atoms with E-state index < -0.39 is 23.4 Å². The van der Waals surface area contributed by atoms with Gasteiger partial charge in [-0.2, -0.15) is 0 Å². The highest BCUT2D eigenvalue weighted by atomic mass is 16.2. The van der Waals surface area contributed by atoms with Crippen molar-refractivity contribution >= 4 is 40.0 Å². The molecule has 36 heavy (non-hydrogen) atoms. The topological polar surface area (TPSA) is 94.3 Å². The molecule has 4 atom stereocenters. The molecule has 1 aromatic heterocycles. The fraction of sp³-hybridized carbons (Fsp3) is 0.207. The maximum absolute atomic E-state index is 14.0. The van der Waals surface area contributed by atoms with Crippen molar-refractivity contribution in [1.29, 1.82) is 0 Å². The zero-order chi connectivity index (χ0) is 24.6. The Kier molecular flexibility index (Phi) is 4.32. The summed E-state index contributed by atoms with van der Waals surface area (Å²) in [6, 6.07) is 22.4. The van der Waals surface area contributed by atoms with Gasteiger partial charge in [-0.3, -0.25) is 19.7 Å². The molecule has 7 nitrogen and oxygen atoms in total. The van der Waals surface area contributed by atoms with Crippen LogP contribution in [0.1, 0.15) is 16.7 Å². The van der Waals surface area contributed by atoms with Crippen molar-refractivity contribution in [2.24, 2.45) is 11.8 Å². The second kappa shape index (κ2) is 7.38. The van der Waals surface area contributed by atoms with Crippen LogP contribution < -0.4 is 15.5 Å². The smallest absolute Gasteiger partial charge is 0.250 e. The van der Waals surface area contributed by atoms with Crippen molar-refractivity contribution in [2.75, 3.05) is 10.2 Å². The SMILES string of the molecule is Cc1ccc(N2C(=O)[C@H]3[C@@H](C2=O)[C@@]2(N[C@@H]3Cc3c[nH]c4ccccc34)C(=O)Nc3ccccc32)cc1. The van der Waals surface area contributed by atoms with Gasteiger partial charge in [0.25, 0.3) is 0 Å². The number of carbonyl (C=O) groups excluding carboxylic acids is 3. The van der Waals surface area contributed by atoms with E-state index in [1.165, 1.54) is 4.90 Å². The minimum absolute atomic E-state index is 0.264. The number of nitrogens with zero attached hydrogens (tertiary/aromatic N) is 1. The Hall–Kier alpha value is -4.23. The number of aromatic nitrogens is 1. The quantitative estimate of drug-likeness (QED) is 0.394. The number of hydrogen-bond donors (Lipinski definition) is 3. The van der Waals surface area contributed by atoms with Crippen LogP contribution in [0.4, 0.5) is 11.4 Å². The summed E-state index contributed by atoms with van der Waals surface area (Å²) in [5, 5.41) is 7.55. The number of fused-ring (bicyclic) bond motifs is 5. The van der Waals surface area contributed by atoms with E-state index in [-0.39, 0.29) is 17.7 Å². The monoisotopic (exact) mass is 476 g/mol. The molecule has 2 saturated heterocycles. The highest BCUT2D eigenvalue weighted by Crippen LogP contribution is 2.54. The molecular weight excluding hydrogens is 452 g/mol. The predicted octanol–water partition coefficient (Wildman–Crippen LogP) is 3.64. The van der Waals surface area contributed by atoms with E-state index in [2.05, 4.69) is 15.6 Å². The molecule has 178 valence electrons. The van der Waals surface area contributed by atoms with Gasteiger partial charge in [-0.15, -0.1) is 0 Å². The highest BCUT2D eigenvalue weighted by Gasteiger charge is 2.70. The van der Waals surface area contributed by atoms with Crippen molar-refractivity contribution < 1.29 is 14.4 Å². The first kappa shape index (κ1) is 21.1. The maximum Gasteiger partial charge on any atom is 0.250 e. The first-order valence-corrected chi connectivity index (χ1v) is 12.2. The van der Waals surface area contributed by atoms with Gasteiger partial charge in [0.05, 0.1) is 17.5 Å². The number of imide groups is 1. The van der Waals surface area contributed by atoms with Crippen LogP contribution in [0.15, 0.2) is 79.0 Å². The molecule has 0 aliphatic carbocycles. The number of carbonyl (C=O) groups is 3. The molecule has 4 aromatic rings. The Morgan fingerprint density at radius 3 is 2.47 bits per heavy atom. The van der Waals surface area contributed by atoms with Crippen molar-refractivity contribution in [1.82, 2.24) is 10.3 Å². The van der Waals surface area contributed by atoms with Crippen LogP contribution in [0, 0.1) is 18.8 Å². The standard InChI is InChI=1S/C29H24N4O3/c1-16-10-12-18(13-11-16)33-26(34)24-23(14-17-15-30-21-8-4-2-6-19(17)21)32-29(25(24)27(33)35)20-7-3-5-9-22(20)31-28(29)36/h2-13,15,23-25,30,32H,14H2,1H3,(H,31,36)/t23-,24-,25+,29-/m1/s1. The molecule has 3 aromatic carbocycles. The summed E-state index contributed by atoms with van der Waals surface area (Å²) in [5.74, 6) is -2.41.